The van der Waals surface area contributed by atoms with E-state index in [1.807, 2.05) is 24.3 Å². The summed E-state index contributed by atoms with van der Waals surface area (Å²) in [6.07, 6.45) is 3.21. The van der Waals surface area contributed by atoms with E-state index in [4.69, 9.17) is 11.6 Å². The van der Waals surface area contributed by atoms with Crippen molar-refractivity contribution in [3.8, 4) is 5.69 Å². The van der Waals surface area contributed by atoms with Crippen molar-refractivity contribution in [2.24, 2.45) is 0 Å². The molecule has 0 bridgehead atoms. The molecule has 0 spiro atoms. The van der Waals surface area contributed by atoms with E-state index < -0.39 is 0 Å². The van der Waals surface area contributed by atoms with Gasteiger partial charge in [-0.1, -0.05) is 0 Å². The van der Waals surface area contributed by atoms with Gasteiger partial charge in [0.05, 0.1) is 0 Å². The third kappa shape index (κ3) is 1.75. The molecule has 17 heavy (non-hydrogen) atoms. The van der Waals surface area contributed by atoms with E-state index in [0.29, 0.717) is 5.02 Å². The molecule has 0 saturated carbocycles. The van der Waals surface area contributed by atoms with Crippen LogP contribution in [0, 0.1) is 0 Å². The molecule has 0 N–H and O–H groups in total. The Labute approximate surface area is 108 Å². The first-order valence-corrected chi connectivity index (χ1v) is 6.98. The first kappa shape index (κ1) is 10.8. The number of nitrogens with zero attached hydrogens (tertiary/aromatic N) is 2. The predicted octanol–water partition coefficient (Wildman–Crippen LogP) is 2.10. The molecule has 0 saturated heterocycles. The molecule has 3 rings (SSSR count). The molecule has 2 heterocycles. The molecule has 1 aromatic carbocycles. The Morgan fingerprint density at radius 2 is 2.06 bits per heavy atom. The third-order valence-electron chi connectivity index (χ3n) is 2.46. The number of hydrogen-bond donors (Lipinski definition) is 0. The van der Waals surface area contributed by atoms with Crippen LogP contribution in [0.2, 0.25) is 5.02 Å². The van der Waals surface area contributed by atoms with E-state index in [2.05, 4.69) is 4.98 Å². The summed E-state index contributed by atoms with van der Waals surface area (Å²) in [7, 11) is 0. The number of rotatable bonds is 1. The fraction of sp³-hybridized carbons (Fsp3) is 0. The molecule has 5 heteroatoms. The van der Waals surface area contributed by atoms with Crippen molar-refractivity contribution in [3.63, 3.8) is 0 Å². The van der Waals surface area contributed by atoms with Gasteiger partial charge in [-0.2, -0.15) is 0 Å². The summed E-state index contributed by atoms with van der Waals surface area (Å²) < 4.78 is 2.83. The van der Waals surface area contributed by atoms with Gasteiger partial charge in [-0.3, -0.25) is 0 Å². The van der Waals surface area contributed by atoms with Crippen molar-refractivity contribution >= 4 is 36.0 Å². The molecule has 3 nitrogen and oxygen atoms in total. The van der Waals surface area contributed by atoms with Crippen LogP contribution in [0.3, 0.4) is 0 Å². The zero-order valence-corrected chi connectivity index (χ0v) is 11.1. The number of aromatic nitrogens is 2. The molecule has 3 aromatic rings. The summed E-state index contributed by atoms with van der Waals surface area (Å²) in [5, 5.41) is 1.29. The van der Waals surface area contributed by atoms with E-state index in [1.54, 1.807) is 22.0 Å². The quantitative estimate of drug-likeness (QED) is 0.645. The maximum atomic E-state index is 12.2. The zero-order chi connectivity index (χ0) is 11.8. The number of hydrogen-bond acceptors (Lipinski definition) is 2. The zero-order valence-electron chi connectivity index (χ0n) is 8.63. The monoisotopic (exact) mass is 310 g/mol. The Morgan fingerprint density at radius 3 is 2.82 bits per heavy atom. The summed E-state index contributed by atoms with van der Waals surface area (Å²) in [4.78, 5) is 16.1. The number of fused-ring (bicyclic) bond motifs is 1. The van der Waals surface area contributed by atoms with Crippen LogP contribution in [0.4, 0.5) is 0 Å². The molecular weight excluding hydrogens is 303 g/mol. The summed E-state index contributed by atoms with van der Waals surface area (Å²) in [5.74, 6) is 0. The first-order valence-electron chi connectivity index (χ1n) is 4.98. The van der Waals surface area contributed by atoms with Crippen LogP contribution < -0.4 is 5.56 Å². The van der Waals surface area contributed by atoms with Crippen molar-refractivity contribution in [2.45, 2.75) is 0 Å². The minimum absolute atomic E-state index is 0.0219. The van der Waals surface area contributed by atoms with Crippen molar-refractivity contribution in [1.29, 1.82) is 0 Å². The van der Waals surface area contributed by atoms with Crippen molar-refractivity contribution < 1.29 is 0 Å². The second-order valence-corrected chi connectivity index (χ2v) is 5.99. The summed E-state index contributed by atoms with van der Waals surface area (Å²) >= 11 is 6.02. The molecule has 0 radical (unpaired) electrons. The average molecular weight is 310 g/mol. The van der Waals surface area contributed by atoms with Crippen LogP contribution in [0.25, 0.3) is 15.3 Å². The Hall–Kier alpha value is -1.35. The fourth-order valence-corrected chi connectivity index (χ4v) is 4.14. The number of pyridine rings is 1. The van der Waals surface area contributed by atoms with E-state index in [-0.39, 0.29) is 20.3 Å². The molecule has 0 aliphatic rings. The third-order valence-corrected chi connectivity index (χ3v) is 5.06. The average Bonchev–Trinajstić information content (AvgIpc) is 2.68. The molecule has 0 amide bonds. The van der Waals surface area contributed by atoms with Gasteiger partial charge < -0.3 is 0 Å². The van der Waals surface area contributed by atoms with Gasteiger partial charge in [-0.15, -0.1) is 0 Å². The van der Waals surface area contributed by atoms with Gasteiger partial charge in [0.1, 0.15) is 0 Å². The van der Waals surface area contributed by atoms with Crippen LogP contribution in [-0.4, -0.2) is 23.3 Å². The Kier molecular flexibility index (Phi) is 2.63. The standard InChI is InChI=1S/C12H7ClN2OSe/c13-9-7-14-6-5-10(9)15-12(16)8-3-1-2-4-11(8)17-15/h1-7H. The molecule has 0 aliphatic heterocycles. The van der Waals surface area contributed by atoms with E-state index in [1.165, 1.54) is 0 Å². The molecule has 0 unspecified atom stereocenters. The van der Waals surface area contributed by atoms with E-state index in [0.717, 1.165) is 15.3 Å². The van der Waals surface area contributed by atoms with Crippen LogP contribution in [0.1, 0.15) is 0 Å². The van der Waals surface area contributed by atoms with Gasteiger partial charge in [0.15, 0.2) is 0 Å². The van der Waals surface area contributed by atoms with Crippen molar-refractivity contribution in [2.75, 3.05) is 0 Å². The van der Waals surface area contributed by atoms with Gasteiger partial charge in [0, 0.05) is 0 Å². The van der Waals surface area contributed by atoms with Crippen molar-refractivity contribution in [1.82, 2.24) is 8.55 Å². The second-order valence-electron chi connectivity index (χ2n) is 3.51. The maximum absolute atomic E-state index is 12.2. The SMILES string of the molecule is O=c1c2ccccc2[se]n1-c1ccncc1Cl. The molecular formula is C12H7ClN2OSe. The molecule has 84 valence electrons. The number of benzene rings is 1. The molecule has 0 fully saturated rings. The molecule has 2 aromatic heterocycles. The Bertz CT molecular complexity index is 747. The van der Waals surface area contributed by atoms with Gasteiger partial charge in [0.2, 0.25) is 0 Å². The predicted molar refractivity (Wildman–Crippen MR) is 69.3 cm³/mol. The first-order chi connectivity index (χ1) is 8.27. The van der Waals surface area contributed by atoms with Crippen LogP contribution in [0.5, 0.6) is 0 Å². The Morgan fingerprint density at radius 1 is 1.24 bits per heavy atom. The second kappa shape index (κ2) is 4.15. The normalized spacial score (nSPS) is 10.9. The van der Waals surface area contributed by atoms with Gasteiger partial charge >= 0.3 is 108 Å². The van der Waals surface area contributed by atoms with Gasteiger partial charge in [-0.05, 0) is 0 Å². The topological polar surface area (TPSA) is 34.9 Å². The Balaban J connectivity index is 2.36. The van der Waals surface area contributed by atoms with Gasteiger partial charge in [0.25, 0.3) is 0 Å². The van der Waals surface area contributed by atoms with E-state index >= 15 is 0 Å². The van der Waals surface area contributed by atoms with Crippen molar-refractivity contribution in [3.05, 3.63) is 58.1 Å². The summed E-state index contributed by atoms with van der Waals surface area (Å²) in [5.41, 5.74) is 0.761. The fourth-order valence-electron chi connectivity index (χ4n) is 1.66. The van der Waals surface area contributed by atoms with Crippen LogP contribution in [-0.2, 0) is 0 Å². The van der Waals surface area contributed by atoms with Crippen LogP contribution in [0.15, 0.2) is 47.5 Å². The summed E-state index contributed by atoms with van der Waals surface area (Å²) in [6.45, 7) is 0. The van der Waals surface area contributed by atoms with Gasteiger partial charge in [-0.25, -0.2) is 0 Å². The molecule has 0 aliphatic carbocycles. The molecule has 0 atom stereocenters. The number of halogens is 1. The minimum atomic E-state index is -0.0430. The summed E-state index contributed by atoms with van der Waals surface area (Å²) in [6, 6.07) is 9.45. The van der Waals surface area contributed by atoms with E-state index in [9.17, 15) is 4.79 Å². The van der Waals surface area contributed by atoms with Crippen LogP contribution >= 0.6 is 11.6 Å².